The first-order valence-electron chi connectivity index (χ1n) is 5.59. The minimum Gasteiger partial charge on any atom is -0.468 e. The van der Waals surface area contributed by atoms with Crippen LogP contribution in [0.4, 0.5) is 0 Å². The second-order valence-corrected chi connectivity index (χ2v) is 6.23. The fourth-order valence-electron chi connectivity index (χ4n) is 1.76. The summed E-state index contributed by atoms with van der Waals surface area (Å²) in [5, 5.41) is -0.838. The molecule has 0 bridgehead atoms. The largest absolute Gasteiger partial charge is 0.468 e. The molecule has 0 aliphatic rings. The summed E-state index contributed by atoms with van der Waals surface area (Å²) in [7, 11) is -3.51. The molecule has 1 aromatic heterocycles. The lowest BCUT2D eigenvalue weighted by atomic mass is 10.2. The van der Waals surface area contributed by atoms with Crippen molar-refractivity contribution in [2.45, 2.75) is 17.1 Å². The fraction of sp³-hybridized carbons (Fsp3) is 0.231. The Morgan fingerprint density at radius 2 is 1.89 bits per heavy atom. The van der Waals surface area contributed by atoms with Crippen LogP contribution in [0.3, 0.4) is 0 Å². The molecular formula is C13H15NO3S. The van der Waals surface area contributed by atoms with Crippen molar-refractivity contribution in [3.05, 3.63) is 54.0 Å². The third-order valence-corrected chi connectivity index (χ3v) is 4.90. The van der Waals surface area contributed by atoms with Gasteiger partial charge in [-0.05, 0) is 31.2 Å². The van der Waals surface area contributed by atoms with Crippen LogP contribution in [0.5, 0.6) is 0 Å². The van der Waals surface area contributed by atoms with Crippen molar-refractivity contribution in [3.8, 4) is 0 Å². The normalized spacial score (nSPS) is 13.4. The summed E-state index contributed by atoms with van der Waals surface area (Å²) in [5.74, 6) is 0.373. The predicted octanol–water partition coefficient (Wildman–Crippen LogP) is 2.06. The summed E-state index contributed by atoms with van der Waals surface area (Å²) < 4.78 is 30.0. The molecule has 0 amide bonds. The van der Waals surface area contributed by atoms with Gasteiger partial charge < -0.3 is 10.2 Å². The van der Waals surface area contributed by atoms with Gasteiger partial charge in [-0.15, -0.1) is 0 Å². The summed E-state index contributed by atoms with van der Waals surface area (Å²) in [5.41, 5.74) is 6.59. The van der Waals surface area contributed by atoms with Crippen molar-refractivity contribution >= 4 is 9.84 Å². The third-order valence-electron chi connectivity index (χ3n) is 2.80. The van der Waals surface area contributed by atoms with E-state index < -0.39 is 15.1 Å². The molecule has 1 atom stereocenters. The molecule has 0 saturated carbocycles. The van der Waals surface area contributed by atoms with Gasteiger partial charge in [0.2, 0.25) is 0 Å². The number of aryl methyl sites for hydroxylation is 1. The molecule has 0 radical (unpaired) electrons. The van der Waals surface area contributed by atoms with E-state index in [4.69, 9.17) is 10.2 Å². The Morgan fingerprint density at radius 3 is 2.39 bits per heavy atom. The maximum Gasteiger partial charge on any atom is 0.189 e. The van der Waals surface area contributed by atoms with E-state index in [1.165, 1.54) is 6.26 Å². The summed E-state index contributed by atoms with van der Waals surface area (Å²) in [6, 6.07) is 10.0. The predicted molar refractivity (Wildman–Crippen MR) is 68.9 cm³/mol. The zero-order valence-electron chi connectivity index (χ0n) is 10.0. The van der Waals surface area contributed by atoms with Crippen molar-refractivity contribution < 1.29 is 12.8 Å². The van der Waals surface area contributed by atoms with Crippen molar-refractivity contribution in [3.63, 3.8) is 0 Å². The molecule has 0 unspecified atom stereocenters. The minimum atomic E-state index is -3.51. The van der Waals surface area contributed by atoms with Crippen molar-refractivity contribution in [2.75, 3.05) is 6.54 Å². The van der Waals surface area contributed by atoms with Crippen molar-refractivity contribution in [1.29, 1.82) is 0 Å². The molecule has 18 heavy (non-hydrogen) atoms. The van der Waals surface area contributed by atoms with Gasteiger partial charge in [-0.3, -0.25) is 0 Å². The molecule has 5 heteroatoms. The molecule has 2 N–H and O–H groups in total. The number of sulfone groups is 1. The van der Waals surface area contributed by atoms with E-state index >= 15 is 0 Å². The molecule has 0 aliphatic carbocycles. The highest BCUT2D eigenvalue weighted by molar-refractivity contribution is 7.91. The first-order chi connectivity index (χ1) is 8.55. The quantitative estimate of drug-likeness (QED) is 0.918. The molecule has 4 nitrogen and oxygen atoms in total. The molecule has 96 valence electrons. The van der Waals surface area contributed by atoms with Gasteiger partial charge in [0.25, 0.3) is 0 Å². The second kappa shape index (κ2) is 4.96. The van der Waals surface area contributed by atoms with Crippen LogP contribution in [-0.4, -0.2) is 15.0 Å². The molecule has 0 spiro atoms. The number of hydrogen-bond acceptors (Lipinski definition) is 4. The summed E-state index contributed by atoms with van der Waals surface area (Å²) in [6.45, 7) is 1.90. The molecule has 2 aromatic rings. The Bertz CT molecular complexity index is 600. The maximum atomic E-state index is 12.4. The van der Waals surface area contributed by atoms with E-state index in [9.17, 15) is 8.42 Å². The summed E-state index contributed by atoms with van der Waals surface area (Å²) >= 11 is 0. The van der Waals surface area contributed by atoms with Crippen LogP contribution in [-0.2, 0) is 9.84 Å². The second-order valence-electron chi connectivity index (χ2n) is 4.10. The highest BCUT2D eigenvalue weighted by Crippen LogP contribution is 2.28. The van der Waals surface area contributed by atoms with E-state index in [2.05, 4.69) is 0 Å². The Labute approximate surface area is 106 Å². The topological polar surface area (TPSA) is 73.3 Å². The lowest BCUT2D eigenvalue weighted by Crippen LogP contribution is -2.21. The summed E-state index contributed by atoms with van der Waals surface area (Å²) in [6.07, 6.45) is 1.45. The van der Waals surface area contributed by atoms with Crippen LogP contribution >= 0.6 is 0 Å². The van der Waals surface area contributed by atoms with Crippen LogP contribution in [0.25, 0.3) is 0 Å². The van der Waals surface area contributed by atoms with E-state index in [1.54, 1.807) is 36.4 Å². The highest BCUT2D eigenvalue weighted by Gasteiger charge is 2.29. The molecule has 0 aliphatic heterocycles. The lowest BCUT2D eigenvalue weighted by Gasteiger charge is -2.13. The number of rotatable bonds is 4. The lowest BCUT2D eigenvalue weighted by molar-refractivity contribution is 0.492. The minimum absolute atomic E-state index is 0.0102. The van der Waals surface area contributed by atoms with Crippen LogP contribution in [0.1, 0.15) is 16.6 Å². The maximum absolute atomic E-state index is 12.4. The van der Waals surface area contributed by atoms with Gasteiger partial charge in [0.1, 0.15) is 11.0 Å². The van der Waals surface area contributed by atoms with E-state index in [0.717, 1.165) is 5.56 Å². The van der Waals surface area contributed by atoms with Gasteiger partial charge in [0.05, 0.1) is 11.2 Å². The van der Waals surface area contributed by atoms with Gasteiger partial charge in [0, 0.05) is 6.54 Å². The van der Waals surface area contributed by atoms with Crippen molar-refractivity contribution in [1.82, 2.24) is 0 Å². The Balaban J connectivity index is 2.44. The van der Waals surface area contributed by atoms with Gasteiger partial charge in [-0.1, -0.05) is 17.7 Å². The van der Waals surface area contributed by atoms with Crippen LogP contribution in [0.15, 0.2) is 52.0 Å². The first-order valence-corrected chi connectivity index (χ1v) is 7.14. The monoisotopic (exact) mass is 265 g/mol. The average Bonchev–Trinajstić information content (AvgIpc) is 2.84. The molecule has 2 rings (SSSR count). The van der Waals surface area contributed by atoms with E-state index in [-0.39, 0.29) is 11.4 Å². The smallest absolute Gasteiger partial charge is 0.189 e. The van der Waals surface area contributed by atoms with Gasteiger partial charge in [-0.2, -0.15) is 0 Å². The summed E-state index contributed by atoms with van der Waals surface area (Å²) in [4.78, 5) is 0.264. The highest BCUT2D eigenvalue weighted by atomic mass is 32.2. The van der Waals surface area contributed by atoms with E-state index in [1.807, 2.05) is 6.92 Å². The van der Waals surface area contributed by atoms with Gasteiger partial charge >= 0.3 is 0 Å². The molecule has 1 aromatic carbocycles. The molecule has 0 saturated heterocycles. The SMILES string of the molecule is Cc1ccc(S(=O)(=O)[C@H](CN)c2ccco2)cc1. The van der Waals surface area contributed by atoms with Crippen LogP contribution < -0.4 is 5.73 Å². The first kappa shape index (κ1) is 12.9. The third kappa shape index (κ3) is 2.32. The van der Waals surface area contributed by atoms with E-state index in [0.29, 0.717) is 5.76 Å². The fourth-order valence-corrected chi connectivity index (χ4v) is 3.30. The van der Waals surface area contributed by atoms with Gasteiger partial charge in [-0.25, -0.2) is 8.42 Å². The number of furan rings is 1. The Hall–Kier alpha value is -1.59. The average molecular weight is 265 g/mol. The van der Waals surface area contributed by atoms with Crippen LogP contribution in [0.2, 0.25) is 0 Å². The van der Waals surface area contributed by atoms with Crippen molar-refractivity contribution in [2.24, 2.45) is 5.73 Å². The Morgan fingerprint density at radius 1 is 1.22 bits per heavy atom. The molecule has 0 fully saturated rings. The zero-order valence-corrected chi connectivity index (χ0v) is 10.9. The Kier molecular flexibility index (Phi) is 3.54. The standard InChI is InChI=1S/C13H15NO3S/c1-10-4-6-11(7-5-10)18(15,16)13(9-14)12-3-2-8-17-12/h2-8,13H,9,14H2,1H3/t13-/m1/s1. The number of benzene rings is 1. The molecular weight excluding hydrogens is 250 g/mol. The zero-order chi connectivity index (χ0) is 13.2. The molecule has 1 heterocycles. The number of hydrogen-bond donors (Lipinski definition) is 1. The number of nitrogens with two attached hydrogens (primary N) is 1. The van der Waals surface area contributed by atoms with Crippen LogP contribution in [0, 0.1) is 6.92 Å². The van der Waals surface area contributed by atoms with Gasteiger partial charge in [0.15, 0.2) is 9.84 Å².